The van der Waals surface area contributed by atoms with Crippen molar-refractivity contribution in [2.45, 2.75) is 45.3 Å². The first-order valence-electron chi connectivity index (χ1n) is 8.53. The molecule has 1 amide bonds. The molecule has 0 fully saturated rings. The van der Waals surface area contributed by atoms with Crippen LogP contribution in [0.5, 0.6) is 0 Å². The van der Waals surface area contributed by atoms with Gasteiger partial charge in [0.05, 0.1) is 16.2 Å². The molecular weight excluding hydrogens is 440 g/mol. The molecule has 2 aromatic rings. The molecule has 0 saturated carbocycles. The maximum Gasteiger partial charge on any atom is 0.415 e. The van der Waals surface area contributed by atoms with Gasteiger partial charge in [0.15, 0.2) is 11.6 Å². The SMILES string of the molecule is CC(C)(C)OC(=O)N1c2c(cc(F)c(F)c2Br)CCC1c1ccccc1Cl. The largest absolute Gasteiger partial charge is 0.443 e. The second kappa shape index (κ2) is 7.40. The van der Waals surface area contributed by atoms with Crippen LogP contribution in [-0.4, -0.2) is 11.7 Å². The van der Waals surface area contributed by atoms with E-state index in [2.05, 4.69) is 15.9 Å². The third-order valence-electron chi connectivity index (χ3n) is 4.31. The van der Waals surface area contributed by atoms with Crippen molar-refractivity contribution >= 4 is 39.3 Å². The highest BCUT2D eigenvalue weighted by Crippen LogP contribution is 2.46. The van der Waals surface area contributed by atoms with Gasteiger partial charge in [0.2, 0.25) is 0 Å². The number of ether oxygens (including phenoxy) is 1. The van der Waals surface area contributed by atoms with E-state index in [4.69, 9.17) is 16.3 Å². The van der Waals surface area contributed by atoms with E-state index in [-0.39, 0.29) is 10.2 Å². The van der Waals surface area contributed by atoms with E-state index in [1.54, 1.807) is 32.9 Å². The van der Waals surface area contributed by atoms with Crippen molar-refractivity contribution in [3.8, 4) is 0 Å². The Morgan fingerprint density at radius 2 is 1.96 bits per heavy atom. The predicted octanol–water partition coefficient (Wildman–Crippen LogP) is 6.81. The number of nitrogens with zero attached hydrogens (tertiary/aromatic N) is 1. The van der Waals surface area contributed by atoms with Crippen LogP contribution in [0.25, 0.3) is 0 Å². The lowest BCUT2D eigenvalue weighted by Gasteiger charge is -2.39. The zero-order valence-electron chi connectivity index (χ0n) is 15.2. The van der Waals surface area contributed by atoms with E-state index in [1.165, 1.54) is 4.90 Å². The summed E-state index contributed by atoms with van der Waals surface area (Å²) < 4.78 is 33.6. The zero-order chi connectivity index (χ0) is 19.9. The minimum absolute atomic E-state index is 0.0971. The topological polar surface area (TPSA) is 29.5 Å². The molecule has 3 rings (SSSR count). The summed E-state index contributed by atoms with van der Waals surface area (Å²) >= 11 is 9.49. The Hall–Kier alpha value is -1.66. The van der Waals surface area contributed by atoms with Crippen molar-refractivity contribution in [2.75, 3.05) is 4.90 Å². The number of anilines is 1. The maximum atomic E-state index is 14.3. The van der Waals surface area contributed by atoms with E-state index < -0.39 is 29.4 Å². The van der Waals surface area contributed by atoms with Crippen LogP contribution in [0.1, 0.15) is 44.4 Å². The van der Waals surface area contributed by atoms with E-state index >= 15 is 0 Å². The molecule has 2 aromatic carbocycles. The maximum absolute atomic E-state index is 14.3. The first-order chi connectivity index (χ1) is 12.6. The number of aryl methyl sites for hydroxylation is 1. The molecule has 0 radical (unpaired) electrons. The van der Waals surface area contributed by atoms with Gasteiger partial charge >= 0.3 is 6.09 Å². The molecule has 7 heteroatoms. The number of carbonyl (C=O) groups is 1. The van der Waals surface area contributed by atoms with E-state index in [0.717, 1.165) is 11.6 Å². The molecule has 144 valence electrons. The molecule has 1 aliphatic rings. The van der Waals surface area contributed by atoms with Crippen LogP contribution in [0.3, 0.4) is 0 Å². The number of benzene rings is 2. The Morgan fingerprint density at radius 3 is 2.59 bits per heavy atom. The summed E-state index contributed by atoms with van der Waals surface area (Å²) in [5.41, 5.74) is 0.798. The number of halogens is 4. The quantitative estimate of drug-likeness (QED) is 0.439. The fraction of sp³-hybridized carbons (Fsp3) is 0.350. The number of fused-ring (bicyclic) bond motifs is 1. The van der Waals surface area contributed by atoms with Gasteiger partial charge in [-0.05, 0) is 72.8 Å². The normalized spacial score (nSPS) is 16.9. The summed E-state index contributed by atoms with van der Waals surface area (Å²) in [5, 5.41) is 0.498. The summed E-state index contributed by atoms with van der Waals surface area (Å²) in [5.74, 6) is -2.00. The van der Waals surface area contributed by atoms with Crippen LogP contribution >= 0.6 is 27.5 Å². The van der Waals surface area contributed by atoms with Gasteiger partial charge in [-0.1, -0.05) is 29.8 Å². The summed E-state index contributed by atoms with van der Waals surface area (Å²) in [7, 11) is 0. The number of carbonyl (C=O) groups excluding carboxylic acids is 1. The summed E-state index contributed by atoms with van der Waals surface area (Å²) in [6.07, 6.45) is 0.341. The molecule has 0 aliphatic carbocycles. The second-order valence-corrected chi connectivity index (χ2v) is 8.62. The Labute approximate surface area is 170 Å². The van der Waals surface area contributed by atoms with Gasteiger partial charge in [-0.25, -0.2) is 13.6 Å². The number of amides is 1. The zero-order valence-corrected chi connectivity index (χ0v) is 17.5. The Kier molecular flexibility index (Phi) is 5.50. The molecule has 1 atom stereocenters. The minimum atomic E-state index is -1.04. The van der Waals surface area contributed by atoms with Crippen molar-refractivity contribution in [1.29, 1.82) is 0 Å². The average molecular weight is 459 g/mol. The predicted molar refractivity (Wildman–Crippen MR) is 105 cm³/mol. The molecule has 1 heterocycles. The van der Waals surface area contributed by atoms with Gasteiger partial charge in [-0.15, -0.1) is 0 Å². The smallest absolute Gasteiger partial charge is 0.415 e. The lowest BCUT2D eigenvalue weighted by Crippen LogP contribution is -2.42. The molecule has 0 aromatic heterocycles. The van der Waals surface area contributed by atoms with Gasteiger partial charge in [-0.3, -0.25) is 4.90 Å². The first-order valence-corrected chi connectivity index (χ1v) is 9.70. The van der Waals surface area contributed by atoms with E-state index in [1.807, 2.05) is 12.1 Å². The van der Waals surface area contributed by atoms with E-state index in [9.17, 15) is 13.6 Å². The number of hydrogen-bond donors (Lipinski definition) is 0. The van der Waals surface area contributed by atoms with Crippen molar-refractivity contribution in [3.05, 3.63) is 62.6 Å². The van der Waals surface area contributed by atoms with E-state index in [0.29, 0.717) is 23.4 Å². The highest BCUT2D eigenvalue weighted by molar-refractivity contribution is 9.10. The summed E-state index contributed by atoms with van der Waals surface area (Å²) in [4.78, 5) is 14.4. The lowest BCUT2D eigenvalue weighted by atomic mass is 9.91. The third-order valence-corrected chi connectivity index (χ3v) is 5.38. The van der Waals surface area contributed by atoms with Gasteiger partial charge in [-0.2, -0.15) is 0 Å². The van der Waals surface area contributed by atoms with Crippen molar-refractivity contribution in [2.24, 2.45) is 0 Å². The Morgan fingerprint density at radius 1 is 1.30 bits per heavy atom. The van der Waals surface area contributed by atoms with Crippen molar-refractivity contribution in [3.63, 3.8) is 0 Å². The molecule has 0 spiro atoms. The highest BCUT2D eigenvalue weighted by Gasteiger charge is 2.38. The molecule has 27 heavy (non-hydrogen) atoms. The molecule has 0 saturated heterocycles. The number of rotatable bonds is 1. The van der Waals surface area contributed by atoms with Gasteiger partial charge in [0, 0.05) is 5.02 Å². The minimum Gasteiger partial charge on any atom is -0.443 e. The fourth-order valence-electron chi connectivity index (χ4n) is 3.23. The lowest BCUT2D eigenvalue weighted by molar-refractivity contribution is 0.0559. The molecule has 1 unspecified atom stereocenters. The molecule has 0 bridgehead atoms. The average Bonchev–Trinajstić information content (AvgIpc) is 2.58. The van der Waals surface area contributed by atoms with Crippen molar-refractivity contribution in [1.82, 2.24) is 0 Å². The van der Waals surface area contributed by atoms with Crippen LogP contribution in [0, 0.1) is 11.6 Å². The van der Waals surface area contributed by atoms with Crippen LogP contribution in [0.2, 0.25) is 5.02 Å². The van der Waals surface area contributed by atoms with Gasteiger partial charge in [0.1, 0.15) is 5.60 Å². The standard InChI is InChI=1S/C20H19BrClF2NO2/c1-20(2,3)27-19(26)25-15(12-6-4-5-7-13(12)22)9-8-11-10-14(23)17(24)16(21)18(11)25/h4-7,10,15H,8-9H2,1-3H3. The first kappa shape index (κ1) is 20.1. The number of hydrogen-bond acceptors (Lipinski definition) is 2. The summed E-state index contributed by atoms with van der Waals surface area (Å²) in [6, 6.07) is 7.86. The van der Waals surface area contributed by atoms with Crippen LogP contribution in [-0.2, 0) is 11.2 Å². The molecular formula is C20H19BrClF2NO2. The van der Waals surface area contributed by atoms with Crippen LogP contribution in [0.4, 0.5) is 19.3 Å². The van der Waals surface area contributed by atoms with Gasteiger partial charge < -0.3 is 4.74 Å². The molecule has 3 nitrogen and oxygen atoms in total. The Bertz CT molecular complexity index is 898. The summed E-state index contributed by atoms with van der Waals surface area (Å²) in [6.45, 7) is 5.25. The fourth-order valence-corrected chi connectivity index (χ4v) is 4.13. The highest BCUT2D eigenvalue weighted by atomic mass is 79.9. The van der Waals surface area contributed by atoms with Gasteiger partial charge in [0.25, 0.3) is 0 Å². The second-order valence-electron chi connectivity index (χ2n) is 7.42. The van der Waals surface area contributed by atoms with Crippen LogP contribution < -0.4 is 4.90 Å². The Balaban J connectivity index is 2.18. The monoisotopic (exact) mass is 457 g/mol. The van der Waals surface area contributed by atoms with Crippen molar-refractivity contribution < 1.29 is 18.3 Å². The van der Waals surface area contributed by atoms with Crippen LogP contribution in [0.15, 0.2) is 34.8 Å². The molecule has 1 aliphatic heterocycles. The molecule has 0 N–H and O–H groups in total. The third kappa shape index (κ3) is 3.97.